The van der Waals surface area contributed by atoms with Crippen LogP contribution in [0.15, 0.2) is 34.9 Å². The molecule has 0 spiro atoms. The first-order valence-corrected chi connectivity index (χ1v) is 8.98. The second kappa shape index (κ2) is 6.10. The number of hydrogen-bond donors (Lipinski definition) is 1. The zero-order chi connectivity index (χ0) is 17.6. The van der Waals surface area contributed by atoms with E-state index in [1.807, 2.05) is 25.7 Å². The fourth-order valence-corrected chi connectivity index (χ4v) is 4.09. The number of aryl methyl sites for hydroxylation is 2. The van der Waals surface area contributed by atoms with Crippen LogP contribution in [0.1, 0.15) is 51.8 Å². The Morgan fingerprint density at radius 3 is 2.52 bits per heavy atom. The highest BCUT2D eigenvalue weighted by Crippen LogP contribution is 2.34. The second-order valence-electron chi connectivity index (χ2n) is 7.07. The van der Waals surface area contributed by atoms with Gasteiger partial charge in [0.05, 0.1) is 5.56 Å². The van der Waals surface area contributed by atoms with Gasteiger partial charge in [-0.25, -0.2) is 0 Å². The molecule has 1 N–H and O–H groups in total. The first-order chi connectivity index (χ1) is 12.1. The molecule has 1 amide bonds. The number of furan rings is 1. The van der Waals surface area contributed by atoms with Crippen molar-refractivity contribution in [3.63, 3.8) is 0 Å². The molecular weight excluding hydrogens is 312 g/mol. The van der Waals surface area contributed by atoms with Crippen molar-refractivity contribution in [1.29, 1.82) is 0 Å². The molecule has 4 rings (SSSR count). The lowest BCUT2D eigenvalue weighted by molar-refractivity contribution is 0.0711. The third-order valence-electron chi connectivity index (χ3n) is 5.62. The Kier molecular flexibility index (Phi) is 3.91. The number of amides is 1. The molecule has 1 aliphatic heterocycles. The van der Waals surface area contributed by atoms with E-state index in [1.54, 1.807) is 0 Å². The molecule has 4 heteroatoms. The van der Waals surface area contributed by atoms with E-state index in [0.29, 0.717) is 5.92 Å². The smallest absolute Gasteiger partial charge is 0.257 e. The average Bonchev–Trinajstić information content (AvgIpc) is 3.16. The zero-order valence-electron chi connectivity index (χ0n) is 15.1. The number of rotatable bonds is 2. The van der Waals surface area contributed by atoms with Crippen LogP contribution in [0.5, 0.6) is 0 Å². The van der Waals surface area contributed by atoms with E-state index in [1.165, 1.54) is 16.5 Å². The van der Waals surface area contributed by atoms with Crippen molar-refractivity contribution in [3.05, 3.63) is 58.7 Å². The first kappa shape index (κ1) is 16.0. The number of H-pyrrole nitrogens is 1. The van der Waals surface area contributed by atoms with Gasteiger partial charge in [0.15, 0.2) is 0 Å². The Hall–Kier alpha value is -2.49. The highest BCUT2D eigenvalue weighted by molar-refractivity contribution is 5.97. The largest absolute Gasteiger partial charge is 0.466 e. The molecule has 0 saturated carbocycles. The van der Waals surface area contributed by atoms with E-state index in [2.05, 4.69) is 35.4 Å². The van der Waals surface area contributed by atoms with Gasteiger partial charge < -0.3 is 14.3 Å². The van der Waals surface area contributed by atoms with Crippen LogP contribution in [0.2, 0.25) is 0 Å². The molecule has 3 heterocycles. The molecule has 1 aromatic carbocycles. The minimum atomic E-state index is 0.115. The third-order valence-corrected chi connectivity index (χ3v) is 5.62. The van der Waals surface area contributed by atoms with E-state index in [4.69, 9.17) is 4.42 Å². The number of aromatic nitrogens is 1. The van der Waals surface area contributed by atoms with E-state index in [-0.39, 0.29) is 5.91 Å². The number of likely N-dealkylation sites (tertiary alicyclic amines) is 1. The topological polar surface area (TPSA) is 49.2 Å². The average molecular weight is 336 g/mol. The predicted molar refractivity (Wildman–Crippen MR) is 99.1 cm³/mol. The Morgan fingerprint density at radius 1 is 1.12 bits per heavy atom. The van der Waals surface area contributed by atoms with Crippen LogP contribution in [0.25, 0.3) is 10.9 Å². The van der Waals surface area contributed by atoms with Gasteiger partial charge in [-0.1, -0.05) is 18.2 Å². The van der Waals surface area contributed by atoms with Crippen molar-refractivity contribution >= 4 is 16.8 Å². The number of carbonyl (C=O) groups excluding carboxylic acids is 1. The maximum Gasteiger partial charge on any atom is 0.257 e. The normalized spacial score (nSPS) is 15.9. The SMILES string of the molecule is Cc1oc(C)c(C(=O)N2CCC(c3c[nH]c4ccccc34)CC2)c1C. The lowest BCUT2D eigenvalue weighted by Crippen LogP contribution is -2.38. The van der Waals surface area contributed by atoms with E-state index >= 15 is 0 Å². The van der Waals surface area contributed by atoms with Gasteiger partial charge in [-0.2, -0.15) is 0 Å². The van der Waals surface area contributed by atoms with Crippen LogP contribution in [0.3, 0.4) is 0 Å². The molecule has 1 saturated heterocycles. The molecule has 25 heavy (non-hydrogen) atoms. The molecule has 0 atom stereocenters. The molecule has 0 unspecified atom stereocenters. The minimum Gasteiger partial charge on any atom is -0.466 e. The van der Waals surface area contributed by atoms with Crippen LogP contribution in [-0.4, -0.2) is 28.9 Å². The number of nitrogens with zero attached hydrogens (tertiary/aromatic N) is 1. The van der Waals surface area contributed by atoms with Crippen molar-refractivity contribution in [2.24, 2.45) is 0 Å². The van der Waals surface area contributed by atoms with Gasteiger partial charge in [0.2, 0.25) is 0 Å². The Balaban J connectivity index is 1.51. The monoisotopic (exact) mass is 336 g/mol. The van der Waals surface area contributed by atoms with E-state index in [0.717, 1.165) is 48.6 Å². The molecule has 0 bridgehead atoms. The van der Waals surface area contributed by atoms with Gasteiger partial charge in [0.1, 0.15) is 11.5 Å². The van der Waals surface area contributed by atoms with Gasteiger partial charge in [0.25, 0.3) is 5.91 Å². The van der Waals surface area contributed by atoms with Crippen LogP contribution in [0, 0.1) is 20.8 Å². The fourth-order valence-electron chi connectivity index (χ4n) is 4.09. The third kappa shape index (κ3) is 2.66. The van der Waals surface area contributed by atoms with Crippen molar-refractivity contribution in [1.82, 2.24) is 9.88 Å². The minimum absolute atomic E-state index is 0.115. The molecule has 2 aromatic heterocycles. The van der Waals surface area contributed by atoms with E-state index < -0.39 is 0 Å². The molecule has 4 nitrogen and oxygen atoms in total. The van der Waals surface area contributed by atoms with Crippen molar-refractivity contribution < 1.29 is 9.21 Å². The van der Waals surface area contributed by atoms with Gasteiger partial charge in [-0.05, 0) is 51.2 Å². The highest BCUT2D eigenvalue weighted by atomic mass is 16.3. The molecule has 3 aromatic rings. The summed E-state index contributed by atoms with van der Waals surface area (Å²) < 4.78 is 5.63. The summed E-state index contributed by atoms with van der Waals surface area (Å²) in [5.74, 6) is 2.20. The maximum atomic E-state index is 12.9. The zero-order valence-corrected chi connectivity index (χ0v) is 15.1. The Labute approximate surface area is 147 Å². The van der Waals surface area contributed by atoms with Crippen LogP contribution in [0.4, 0.5) is 0 Å². The summed E-state index contributed by atoms with van der Waals surface area (Å²) in [5.41, 5.74) is 4.30. The molecular formula is C21H24N2O2. The number of fused-ring (bicyclic) bond motifs is 1. The Bertz CT molecular complexity index is 927. The summed E-state index contributed by atoms with van der Waals surface area (Å²) in [4.78, 5) is 18.3. The number of aromatic amines is 1. The fraction of sp³-hybridized carbons (Fsp3) is 0.381. The van der Waals surface area contributed by atoms with Crippen molar-refractivity contribution in [2.45, 2.75) is 39.5 Å². The maximum absolute atomic E-state index is 12.9. The first-order valence-electron chi connectivity index (χ1n) is 8.98. The van der Waals surface area contributed by atoms with Crippen LogP contribution >= 0.6 is 0 Å². The van der Waals surface area contributed by atoms with Crippen LogP contribution < -0.4 is 0 Å². The number of nitrogens with one attached hydrogen (secondary N) is 1. The van der Waals surface area contributed by atoms with E-state index in [9.17, 15) is 4.79 Å². The molecule has 1 fully saturated rings. The van der Waals surface area contributed by atoms with Gasteiger partial charge >= 0.3 is 0 Å². The molecule has 130 valence electrons. The summed E-state index contributed by atoms with van der Waals surface area (Å²) in [6.07, 6.45) is 4.14. The van der Waals surface area contributed by atoms with Gasteiger partial charge in [-0.15, -0.1) is 0 Å². The van der Waals surface area contributed by atoms with Crippen LogP contribution in [-0.2, 0) is 0 Å². The Morgan fingerprint density at radius 2 is 1.84 bits per heavy atom. The molecule has 0 aliphatic carbocycles. The molecule has 0 radical (unpaired) electrons. The number of hydrogen-bond acceptors (Lipinski definition) is 2. The van der Waals surface area contributed by atoms with Crippen molar-refractivity contribution in [3.8, 4) is 0 Å². The van der Waals surface area contributed by atoms with Crippen molar-refractivity contribution in [2.75, 3.05) is 13.1 Å². The number of para-hydroxylation sites is 1. The predicted octanol–water partition coefficient (Wildman–Crippen LogP) is 4.71. The summed E-state index contributed by atoms with van der Waals surface area (Å²) in [7, 11) is 0. The summed E-state index contributed by atoms with van der Waals surface area (Å²) in [5, 5.41) is 1.31. The standard InChI is InChI=1S/C21H24N2O2/c1-13-14(2)25-15(3)20(13)21(24)23-10-8-16(9-11-23)18-12-22-19-7-5-4-6-17(18)19/h4-7,12,16,22H,8-11H2,1-3H3. The highest BCUT2D eigenvalue weighted by Gasteiger charge is 2.29. The number of piperidine rings is 1. The molecule has 1 aliphatic rings. The van der Waals surface area contributed by atoms with Gasteiger partial charge in [-0.3, -0.25) is 4.79 Å². The lowest BCUT2D eigenvalue weighted by Gasteiger charge is -2.32. The second-order valence-corrected chi connectivity index (χ2v) is 7.07. The lowest BCUT2D eigenvalue weighted by atomic mass is 9.89. The quantitative estimate of drug-likeness (QED) is 0.737. The summed E-state index contributed by atoms with van der Waals surface area (Å²) >= 11 is 0. The summed E-state index contributed by atoms with van der Waals surface area (Å²) in [6, 6.07) is 8.44. The summed E-state index contributed by atoms with van der Waals surface area (Å²) in [6.45, 7) is 7.37. The number of carbonyl (C=O) groups is 1. The van der Waals surface area contributed by atoms with Gasteiger partial charge in [0, 0.05) is 35.8 Å². The number of benzene rings is 1.